The molecule has 17 nitrogen and oxygen atoms in total. The molecule has 0 bridgehead atoms. The summed E-state index contributed by atoms with van der Waals surface area (Å²) in [5.74, 6) is -2.78. The van der Waals surface area contributed by atoms with Gasteiger partial charge in [-0.25, -0.2) is 9.78 Å². The fourth-order valence-electron chi connectivity index (χ4n) is 9.33. The van der Waals surface area contributed by atoms with Gasteiger partial charge in [0, 0.05) is 38.2 Å². The molecule has 3 aliphatic rings. The van der Waals surface area contributed by atoms with E-state index < -0.39 is 71.5 Å². The molecule has 0 radical (unpaired) electrons. The summed E-state index contributed by atoms with van der Waals surface area (Å²) in [5, 5.41) is 23.6. The normalized spacial score (nSPS) is 33.6. The van der Waals surface area contributed by atoms with Gasteiger partial charge in [0.1, 0.15) is 29.6 Å². The Balaban J connectivity index is 0.00000794. The van der Waals surface area contributed by atoms with Gasteiger partial charge in [-0.05, 0) is 105 Å². The third kappa shape index (κ3) is 13.2. The van der Waals surface area contributed by atoms with Crippen molar-refractivity contribution in [2.45, 2.75) is 191 Å². The predicted octanol–water partition coefficient (Wildman–Crippen LogP) is 6.86. The molecular formula is C47H88N8O9. The van der Waals surface area contributed by atoms with Crippen molar-refractivity contribution in [2.75, 3.05) is 40.0 Å². The molecule has 1 amide bonds. The Morgan fingerprint density at radius 1 is 1.00 bits per heavy atom. The largest absolute Gasteiger partial charge is 0.458 e. The van der Waals surface area contributed by atoms with E-state index >= 15 is 0 Å². The smallest absolute Gasteiger partial charge is 0.410 e. The number of cyclic esters (lactones) is 1. The van der Waals surface area contributed by atoms with Crippen molar-refractivity contribution in [1.29, 1.82) is 0 Å². The first-order valence-corrected chi connectivity index (χ1v) is 21.1. The molecule has 0 aliphatic carbocycles. The maximum Gasteiger partial charge on any atom is 0.410 e. The average molecular weight is 909 g/mol. The molecule has 3 saturated heterocycles. The molecule has 5 rings (SSSR count). The number of hydrogen-bond acceptors (Lipinski definition) is 15. The third-order valence-electron chi connectivity index (χ3n) is 12.7. The lowest BCUT2D eigenvalue weighted by atomic mass is 9.78. The monoisotopic (exact) mass is 909 g/mol. The number of nitrogens with two attached hydrogens (primary N) is 1. The number of rotatable bonds is 11. The van der Waals surface area contributed by atoms with Gasteiger partial charge < -0.3 is 44.7 Å². The molecule has 0 aromatic carbocycles. The Morgan fingerprint density at radius 3 is 2.27 bits per heavy atom. The van der Waals surface area contributed by atoms with Crippen molar-refractivity contribution in [1.82, 2.24) is 35.1 Å². The summed E-state index contributed by atoms with van der Waals surface area (Å²) in [5.41, 5.74) is 4.82. The fourth-order valence-corrected chi connectivity index (χ4v) is 9.33. The van der Waals surface area contributed by atoms with E-state index in [9.17, 15) is 19.5 Å². The van der Waals surface area contributed by atoms with Gasteiger partial charge >= 0.3 is 12.1 Å². The second kappa shape index (κ2) is 25.2. The highest BCUT2D eigenvalue weighted by molar-refractivity contribution is 6.00. The summed E-state index contributed by atoms with van der Waals surface area (Å²) >= 11 is 0. The zero-order chi connectivity index (χ0) is 43.4. The first kappa shape index (κ1) is 60.3. The third-order valence-corrected chi connectivity index (χ3v) is 12.7. The minimum atomic E-state index is -1.24. The van der Waals surface area contributed by atoms with E-state index in [4.69, 9.17) is 29.4 Å². The Bertz CT molecular complexity index is 1750. The van der Waals surface area contributed by atoms with Crippen molar-refractivity contribution in [3.8, 4) is 11.4 Å². The summed E-state index contributed by atoms with van der Waals surface area (Å²) in [4.78, 5) is 50.2. The number of carbonyl (C=O) groups is 3. The SMILES string of the molecule is C.C.C.C.C.CC[C@H]1OC(=O)[C@H](C)C(=O)[C@H](C)[C@@H](O[C@@H]2OC(C)CC(N(C)C)C2O)[C@](C)(OC)C[C@@H](C)CN[C@H](C)[C@H]2N(CCCCn3cc(-c4cccc(N)n4)nn3)C(=O)O[C@]12C. The predicted molar refractivity (Wildman–Crippen MR) is 253 cm³/mol. The van der Waals surface area contributed by atoms with Gasteiger partial charge in [0.05, 0.1) is 35.7 Å². The van der Waals surface area contributed by atoms with Crippen LogP contribution in [0.25, 0.3) is 11.4 Å². The number of aliphatic hydroxyl groups excluding tert-OH is 1. The summed E-state index contributed by atoms with van der Waals surface area (Å²) in [6, 6.07) is 4.30. The molecule has 17 heteroatoms. The summed E-state index contributed by atoms with van der Waals surface area (Å²) in [6.45, 7) is 16.4. The molecule has 370 valence electrons. The number of anilines is 1. The van der Waals surface area contributed by atoms with Crippen LogP contribution in [0.3, 0.4) is 0 Å². The van der Waals surface area contributed by atoms with Crippen molar-refractivity contribution in [2.24, 2.45) is 17.8 Å². The molecule has 3 aliphatic heterocycles. The number of nitrogen functional groups attached to an aromatic ring is 1. The number of Topliss-reactive ketones (excluding diaryl/α,β-unsaturated/α-hetero) is 1. The molecule has 4 N–H and O–H groups in total. The molecule has 3 unspecified atom stereocenters. The number of likely N-dealkylation sites (N-methyl/N-ethyl adjacent to an activating group) is 1. The lowest BCUT2D eigenvalue weighted by Gasteiger charge is -2.46. The van der Waals surface area contributed by atoms with E-state index in [1.165, 1.54) is 6.92 Å². The fraction of sp³-hybridized carbons (Fsp3) is 0.787. The van der Waals surface area contributed by atoms with Crippen molar-refractivity contribution >= 4 is 23.7 Å². The minimum Gasteiger partial charge on any atom is -0.458 e. The molecule has 64 heavy (non-hydrogen) atoms. The molecule has 0 saturated carbocycles. The number of esters is 1. The number of ether oxygens (including phenoxy) is 5. The maximum absolute atomic E-state index is 14.4. The molecule has 2 aromatic rings. The van der Waals surface area contributed by atoms with Gasteiger partial charge in [-0.1, -0.05) is 69.2 Å². The van der Waals surface area contributed by atoms with Gasteiger partial charge in [0.15, 0.2) is 17.7 Å². The number of ketones is 1. The molecule has 13 atom stereocenters. The first-order valence-electron chi connectivity index (χ1n) is 21.1. The molecule has 5 heterocycles. The van der Waals surface area contributed by atoms with Gasteiger partial charge in [0.25, 0.3) is 0 Å². The van der Waals surface area contributed by atoms with Crippen LogP contribution >= 0.6 is 0 Å². The quantitative estimate of drug-likeness (QED) is 0.120. The van der Waals surface area contributed by atoms with Crippen molar-refractivity contribution < 1.29 is 43.2 Å². The van der Waals surface area contributed by atoms with Crippen LogP contribution in [0, 0.1) is 17.8 Å². The standard InChI is InChI=1S/C42H68N8O9.5CH4/c1-12-32-42(8)36(50(40(54)59-42)19-14-13-18-49-23-30(46-47-49)29-16-15-17-33(43)45-29)28(6)44-22-24(2)21-41(7,55-11)37(26(4)34(51)27(5)38(53)57-32)58-39-35(52)31(48(9)10)20-25(3)56-39;;;;;/h15-17,23-28,31-32,35-37,39,44,52H,12-14,18-22H2,1-11H3,(H2,43,45);5*1H4/t24-,25?,26+,27-,28-,31?,32-,35?,36-,37-,39+,41-,42-;;;;;/m1...../s1. The van der Waals surface area contributed by atoms with Crippen LogP contribution in [0.4, 0.5) is 10.6 Å². The van der Waals surface area contributed by atoms with Gasteiger partial charge in [-0.2, -0.15) is 0 Å². The van der Waals surface area contributed by atoms with Crippen LogP contribution in [-0.4, -0.2) is 147 Å². The Hall–Kier alpha value is -3.74. The number of amides is 1. The number of fused-ring (bicyclic) bond motifs is 1. The highest BCUT2D eigenvalue weighted by Gasteiger charge is 2.58. The maximum atomic E-state index is 14.4. The van der Waals surface area contributed by atoms with Crippen LogP contribution < -0.4 is 11.1 Å². The number of aromatic nitrogens is 4. The highest BCUT2D eigenvalue weighted by atomic mass is 16.7. The van der Waals surface area contributed by atoms with Gasteiger partial charge in [-0.3, -0.25) is 19.2 Å². The number of aryl methyl sites for hydroxylation is 1. The minimum absolute atomic E-state index is 0. The van der Waals surface area contributed by atoms with Gasteiger partial charge in [0.2, 0.25) is 0 Å². The molecule has 0 spiro atoms. The van der Waals surface area contributed by atoms with E-state index in [-0.39, 0.29) is 61.2 Å². The average Bonchev–Trinajstić information content (AvgIpc) is 3.77. The number of nitrogens with zero attached hydrogens (tertiary/aromatic N) is 6. The van der Waals surface area contributed by atoms with Crippen LogP contribution in [0.1, 0.15) is 125 Å². The van der Waals surface area contributed by atoms with E-state index in [2.05, 4.69) is 27.5 Å². The number of hydrogen-bond donors (Lipinski definition) is 3. The second-order valence-electron chi connectivity index (χ2n) is 17.6. The Labute approximate surface area is 385 Å². The summed E-state index contributed by atoms with van der Waals surface area (Å²) in [6.07, 6.45) is 0.0604. The molecule has 2 aromatic heterocycles. The zero-order valence-corrected chi connectivity index (χ0v) is 36.8. The number of pyridine rings is 1. The number of aliphatic hydroxyl groups is 1. The van der Waals surface area contributed by atoms with Crippen LogP contribution in [-0.2, 0) is 39.8 Å². The summed E-state index contributed by atoms with van der Waals surface area (Å²) in [7, 11) is 5.39. The van der Waals surface area contributed by atoms with E-state index in [0.717, 1.165) is 0 Å². The Morgan fingerprint density at radius 2 is 1.66 bits per heavy atom. The van der Waals surface area contributed by atoms with Gasteiger partial charge in [-0.15, -0.1) is 5.10 Å². The molecular weight excluding hydrogens is 821 g/mol. The number of nitrogens with one attached hydrogen (secondary N) is 1. The van der Waals surface area contributed by atoms with Crippen molar-refractivity contribution in [3.05, 3.63) is 24.4 Å². The van der Waals surface area contributed by atoms with Crippen LogP contribution in [0.5, 0.6) is 0 Å². The first-order chi connectivity index (χ1) is 27.8. The molecule has 3 fully saturated rings. The highest BCUT2D eigenvalue weighted by Crippen LogP contribution is 2.40. The van der Waals surface area contributed by atoms with Crippen molar-refractivity contribution in [3.63, 3.8) is 0 Å². The van der Waals surface area contributed by atoms with E-state index in [0.29, 0.717) is 68.9 Å². The van der Waals surface area contributed by atoms with E-state index in [1.54, 1.807) is 29.7 Å². The number of carbonyl (C=O) groups excluding carboxylic acids is 3. The number of unbranched alkanes of at least 4 members (excludes halogenated alkanes) is 1. The summed E-state index contributed by atoms with van der Waals surface area (Å²) < 4.78 is 33.2. The Kier molecular flexibility index (Phi) is 23.8. The van der Waals surface area contributed by atoms with Crippen LogP contribution in [0.15, 0.2) is 24.4 Å². The number of methoxy groups -OCH3 is 1. The second-order valence-corrected chi connectivity index (χ2v) is 17.6. The van der Waals surface area contributed by atoms with Crippen LogP contribution in [0.2, 0.25) is 0 Å². The topological polar surface area (TPSA) is 206 Å². The lowest BCUT2D eigenvalue weighted by molar-refractivity contribution is -0.295. The lowest BCUT2D eigenvalue weighted by Crippen LogP contribution is -2.61. The van der Waals surface area contributed by atoms with E-state index in [1.807, 2.05) is 71.9 Å². The zero-order valence-electron chi connectivity index (χ0n) is 36.8.